The number of aromatic nitrogens is 1. The van der Waals surface area contributed by atoms with E-state index in [0.717, 1.165) is 21.6 Å². The Morgan fingerprint density at radius 2 is 1.89 bits per heavy atom. The zero-order valence-electron chi connectivity index (χ0n) is 15.4. The van der Waals surface area contributed by atoms with Crippen molar-refractivity contribution in [1.82, 2.24) is 4.98 Å². The number of pyridine rings is 1. The topological polar surface area (TPSA) is 68.3 Å². The lowest BCUT2D eigenvalue weighted by Crippen LogP contribution is -2.14. The number of anilines is 1. The van der Waals surface area contributed by atoms with Crippen LogP contribution in [0.2, 0.25) is 0 Å². The smallest absolute Gasteiger partial charge is 0.341 e. The van der Waals surface area contributed by atoms with Crippen LogP contribution in [0.25, 0.3) is 11.1 Å². The number of esters is 1. The van der Waals surface area contributed by atoms with E-state index in [1.54, 1.807) is 24.5 Å². The first kappa shape index (κ1) is 18.8. The van der Waals surface area contributed by atoms with Crippen molar-refractivity contribution < 1.29 is 14.3 Å². The monoisotopic (exact) mass is 380 g/mol. The van der Waals surface area contributed by atoms with Gasteiger partial charge in [-0.1, -0.05) is 25.1 Å². The highest BCUT2D eigenvalue weighted by Crippen LogP contribution is 2.34. The highest BCUT2D eigenvalue weighted by atomic mass is 32.1. The Balaban J connectivity index is 1.85. The Kier molecular flexibility index (Phi) is 5.66. The zero-order chi connectivity index (χ0) is 19.4. The second kappa shape index (κ2) is 8.14. The van der Waals surface area contributed by atoms with Crippen LogP contribution in [0.5, 0.6) is 0 Å². The number of thiophene rings is 1. The summed E-state index contributed by atoms with van der Waals surface area (Å²) in [6, 6.07) is 11.1. The Morgan fingerprint density at radius 1 is 1.15 bits per heavy atom. The van der Waals surface area contributed by atoms with Crippen molar-refractivity contribution in [3.63, 3.8) is 0 Å². The van der Waals surface area contributed by atoms with Gasteiger partial charge in [0.25, 0.3) is 5.91 Å². The van der Waals surface area contributed by atoms with Crippen molar-refractivity contribution in [2.24, 2.45) is 0 Å². The van der Waals surface area contributed by atoms with E-state index >= 15 is 0 Å². The summed E-state index contributed by atoms with van der Waals surface area (Å²) < 4.78 is 4.90. The van der Waals surface area contributed by atoms with E-state index in [9.17, 15) is 9.59 Å². The number of aryl methyl sites for hydroxylation is 1. The summed E-state index contributed by atoms with van der Waals surface area (Å²) in [5, 5.41) is 3.39. The molecule has 3 aromatic rings. The number of hydrogen-bond acceptors (Lipinski definition) is 5. The lowest BCUT2D eigenvalue weighted by molar-refractivity contribution is 0.0601. The molecule has 1 aromatic carbocycles. The van der Waals surface area contributed by atoms with Gasteiger partial charge in [0.2, 0.25) is 0 Å². The van der Waals surface area contributed by atoms with Crippen molar-refractivity contribution in [2.75, 3.05) is 12.4 Å². The third kappa shape index (κ3) is 3.90. The van der Waals surface area contributed by atoms with Gasteiger partial charge in [-0.15, -0.1) is 11.3 Å². The highest BCUT2D eigenvalue weighted by Gasteiger charge is 2.23. The van der Waals surface area contributed by atoms with Crippen molar-refractivity contribution >= 4 is 28.2 Å². The number of carbonyl (C=O) groups excluding carboxylic acids is 2. The van der Waals surface area contributed by atoms with Gasteiger partial charge in [-0.3, -0.25) is 9.78 Å². The molecule has 0 bridgehead atoms. The molecular weight excluding hydrogens is 360 g/mol. The van der Waals surface area contributed by atoms with Gasteiger partial charge in [0, 0.05) is 22.8 Å². The molecule has 0 atom stereocenters. The molecule has 2 aromatic heterocycles. The molecule has 2 heterocycles. The SMILES string of the molecule is CCc1c(C)sc(NC(=O)c2ccc(-c3cccnc3)cc2)c1C(=O)OC. The normalized spacial score (nSPS) is 10.5. The molecule has 0 aliphatic rings. The molecule has 0 spiro atoms. The third-order valence-corrected chi connectivity index (χ3v) is 5.38. The maximum atomic E-state index is 12.7. The summed E-state index contributed by atoms with van der Waals surface area (Å²) in [7, 11) is 1.34. The molecule has 0 aliphatic heterocycles. The molecule has 0 radical (unpaired) electrons. The fourth-order valence-electron chi connectivity index (χ4n) is 2.93. The lowest BCUT2D eigenvalue weighted by atomic mass is 10.1. The van der Waals surface area contributed by atoms with Gasteiger partial charge in [-0.05, 0) is 48.2 Å². The standard InChI is InChI=1S/C21H20N2O3S/c1-4-17-13(2)27-20(18(17)21(25)26-3)23-19(24)15-9-7-14(8-10-15)16-6-5-11-22-12-16/h5-12H,4H2,1-3H3,(H,23,24). The number of amides is 1. The van der Waals surface area contributed by atoms with Crippen LogP contribution in [0.15, 0.2) is 48.8 Å². The molecule has 0 saturated carbocycles. The number of carbonyl (C=O) groups is 2. The number of benzene rings is 1. The lowest BCUT2D eigenvalue weighted by Gasteiger charge is -2.08. The van der Waals surface area contributed by atoms with Crippen LogP contribution in [-0.2, 0) is 11.2 Å². The Morgan fingerprint density at radius 3 is 2.48 bits per heavy atom. The van der Waals surface area contributed by atoms with Crippen molar-refractivity contribution in [1.29, 1.82) is 0 Å². The predicted molar refractivity (Wildman–Crippen MR) is 107 cm³/mol. The van der Waals surface area contributed by atoms with Gasteiger partial charge in [0.15, 0.2) is 0 Å². The first-order chi connectivity index (χ1) is 13.0. The van der Waals surface area contributed by atoms with Crippen LogP contribution in [0.1, 0.15) is 38.1 Å². The largest absolute Gasteiger partial charge is 0.465 e. The second-order valence-electron chi connectivity index (χ2n) is 5.96. The molecule has 0 unspecified atom stereocenters. The van der Waals surface area contributed by atoms with Crippen LogP contribution >= 0.6 is 11.3 Å². The molecular formula is C21H20N2O3S. The van der Waals surface area contributed by atoms with Crippen LogP contribution in [-0.4, -0.2) is 24.0 Å². The van der Waals surface area contributed by atoms with Crippen LogP contribution in [0.4, 0.5) is 5.00 Å². The van der Waals surface area contributed by atoms with Gasteiger partial charge in [0.1, 0.15) is 5.00 Å². The summed E-state index contributed by atoms with van der Waals surface area (Å²) in [6.07, 6.45) is 4.19. The van der Waals surface area contributed by atoms with Crippen LogP contribution < -0.4 is 5.32 Å². The summed E-state index contributed by atoms with van der Waals surface area (Å²) in [5.74, 6) is -0.694. The van der Waals surface area contributed by atoms with E-state index in [1.165, 1.54) is 18.4 Å². The molecule has 5 nitrogen and oxygen atoms in total. The Labute approximate surface area is 162 Å². The van der Waals surface area contributed by atoms with E-state index in [1.807, 2.05) is 38.1 Å². The number of ether oxygens (including phenoxy) is 1. The molecule has 1 N–H and O–H groups in total. The fraction of sp³-hybridized carbons (Fsp3) is 0.190. The number of nitrogens with zero attached hydrogens (tertiary/aromatic N) is 1. The molecule has 27 heavy (non-hydrogen) atoms. The van der Waals surface area contributed by atoms with E-state index in [2.05, 4.69) is 10.3 Å². The molecule has 6 heteroatoms. The molecule has 3 rings (SSSR count). The van der Waals surface area contributed by atoms with Gasteiger partial charge < -0.3 is 10.1 Å². The van der Waals surface area contributed by atoms with Crippen molar-refractivity contribution in [3.05, 3.63) is 70.4 Å². The summed E-state index contributed by atoms with van der Waals surface area (Å²) in [6.45, 7) is 3.92. The minimum atomic E-state index is -0.432. The van der Waals surface area contributed by atoms with Crippen molar-refractivity contribution in [3.8, 4) is 11.1 Å². The van der Waals surface area contributed by atoms with E-state index in [4.69, 9.17) is 4.74 Å². The minimum Gasteiger partial charge on any atom is -0.465 e. The average Bonchev–Trinajstić information content (AvgIpc) is 3.02. The first-order valence-corrected chi connectivity index (χ1v) is 9.39. The van der Waals surface area contributed by atoms with Gasteiger partial charge in [0.05, 0.1) is 12.7 Å². The number of hydrogen-bond donors (Lipinski definition) is 1. The summed E-state index contributed by atoms with van der Waals surface area (Å²) in [5.41, 5.74) is 3.84. The molecule has 0 saturated heterocycles. The number of methoxy groups -OCH3 is 1. The van der Waals surface area contributed by atoms with E-state index in [0.29, 0.717) is 22.5 Å². The first-order valence-electron chi connectivity index (χ1n) is 8.57. The molecule has 1 amide bonds. The fourth-order valence-corrected chi connectivity index (χ4v) is 4.06. The summed E-state index contributed by atoms with van der Waals surface area (Å²) in [4.78, 5) is 29.9. The van der Waals surface area contributed by atoms with Crippen LogP contribution in [0.3, 0.4) is 0 Å². The van der Waals surface area contributed by atoms with Crippen LogP contribution in [0, 0.1) is 6.92 Å². The average molecular weight is 380 g/mol. The van der Waals surface area contributed by atoms with Gasteiger partial charge in [-0.2, -0.15) is 0 Å². The van der Waals surface area contributed by atoms with Crippen molar-refractivity contribution in [2.45, 2.75) is 20.3 Å². The predicted octanol–water partition coefficient (Wildman–Crippen LogP) is 4.72. The zero-order valence-corrected chi connectivity index (χ0v) is 16.2. The third-order valence-electron chi connectivity index (χ3n) is 4.32. The molecule has 138 valence electrons. The van der Waals surface area contributed by atoms with Gasteiger partial charge in [-0.25, -0.2) is 4.79 Å². The molecule has 0 aliphatic carbocycles. The Hall–Kier alpha value is -2.99. The number of rotatable bonds is 5. The van der Waals surface area contributed by atoms with E-state index in [-0.39, 0.29) is 5.91 Å². The molecule has 0 fully saturated rings. The highest BCUT2D eigenvalue weighted by molar-refractivity contribution is 7.16. The maximum absolute atomic E-state index is 12.7. The number of nitrogens with one attached hydrogen (secondary N) is 1. The second-order valence-corrected chi connectivity index (χ2v) is 7.18. The van der Waals surface area contributed by atoms with E-state index < -0.39 is 5.97 Å². The minimum absolute atomic E-state index is 0.262. The Bertz CT molecular complexity index is 963. The van der Waals surface area contributed by atoms with Gasteiger partial charge >= 0.3 is 5.97 Å². The maximum Gasteiger partial charge on any atom is 0.341 e. The quantitative estimate of drug-likeness (QED) is 0.650. The summed E-state index contributed by atoms with van der Waals surface area (Å²) >= 11 is 1.39.